The van der Waals surface area contributed by atoms with E-state index in [0.717, 1.165) is 37.3 Å². The minimum atomic E-state index is -0.638. The number of nitrogens with zero attached hydrogens (tertiary/aromatic N) is 5. The van der Waals surface area contributed by atoms with E-state index in [-0.39, 0.29) is 17.6 Å². The average molecular weight is 477 g/mol. The molecule has 180 valence electrons. The van der Waals surface area contributed by atoms with Crippen molar-refractivity contribution in [2.45, 2.75) is 37.9 Å². The van der Waals surface area contributed by atoms with Crippen LogP contribution in [0.15, 0.2) is 36.8 Å². The summed E-state index contributed by atoms with van der Waals surface area (Å²) in [5.74, 6) is -0.0804. The van der Waals surface area contributed by atoms with Crippen molar-refractivity contribution >= 4 is 12.0 Å². The fourth-order valence-electron chi connectivity index (χ4n) is 4.36. The van der Waals surface area contributed by atoms with Gasteiger partial charge >= 0.3 is 6.03 Å². The van der Waals surface area contributed by atoms with Crippen LogP contribution in [0, 0.1) is 17.1 Å². The number of ether oxygens (including phenoxy) is 1. The predicted molar refractivity (Wildman–Crippen MR) is 124 cm³/mol. The zero-order valence-electron chi connectivity index (χ0n) is 19.0. The van der Waals surface area contributed by atoms with Gasteiger partial charge in [-0.25, -0.2) is 19.2 Å². The lowest BCUT2D eigenvalue weighted by atomic mass is 10.00. The molecule has 0 aliphatic carbocycles. The van der Waals surface area contributed by atoms with Crippen LogP contribution in [0.25, 0.3) is 0 Å². The molecule has 35 heavy (non-hydrogen) atoms. The summed E-state index contributed by atoms with van der Waals surface area (Å²) in [6.45, 7) is 2.29. The monoisotopic (exact) mass is 476 g/mol. The van der Waals surface area contributed by atoms with Gasteiger partial charge in [-0.05, 0) is 42.5 Å². The van der Waals surface area contributed by atoms with E-state index in [4.69, 9.17) is 10.00 Å². The molecule has 0 bridgehead atoms. The number of halogens is 1. The third kappa shape index (κ3) is 5.07. The zero-order chi connectivity index (χ0) is 24.2. The first-order chi connectivity index (χ1) is 17.1. The van der Waals surface area contributed by atoms with Crippen molar-refractivity contribution in [2.75, 3.05) is 25.1 Å². The van der Waals surface area contributed by atoms with Crippen LogP contribution >= 0.6 is 0 Å². The van der Waals surface area contributed by atoms with E-state index in [1.54, 1.807) is 23.4 Å². The molecule has 3 N–H and O–H groups in total. The summed E-state index contributed by atoms with van der Waals surface area (Å²) < 4.78 is 19.7. The number of urea groups is 1. The van der Waals surface area contributed by atoms with E-state index in [1.807, 2.05) is 12.3 Å². The summed E-state index contributed by atoms with van der Waals surface area (Å²) in [5, 5.41) is 22.1. The molecule has 1 aromatic carbocycles. The van der Waals surface area contributed by atoms with Gasteiger partial charge in [-0.15, -0.1) is 0 Å². The third-order valence-corrected chi connectivity index (χ3v) is 6.36. The summed E-state index contributed by atoms with van der Waals surface area (Å²) in [6, 6.07) is 5.45. The van der Waals surface area contributed by atoms with Crippen LogP contribution in [0.1, 0.15) is 46.8 Å². The third-order valence-electron chi connectivity index (χ3n) is 6.36. The van der Waals surface area contributed by atoms with Gasteiger partial charge in [0, 0.05) is 43.8 Å². The first kappa shape index (κ1) is 22.7. The minimum absolute atomic E-state index is 0.0523. The number of amides is 2. The maximum Gasteiger partial charge on any atom is 0.318 e. The highest BCUT2D eigenvalue weighted by Crippen LogP contribution is 2.25. The number of fused-ring (bicyclic) bond motifs is 1. The Morgan fingerprint density at radius 1 is 1.29 bits per heavy atom. The summed E-state index contributed by atoms with van der Waals surface area (Å²) in [5.41, 5.74) is 2.96. The lowest BCUT2D eigenvalue weighted by molar-refractivity contribution is 0.0903. The number of rotatable bonds is 5. The molecule has 4 heterocycles. The molecule has 0 saturated carbocycles. The Hall–Kier alpha value is -4.04. The van der Waals surface area contributed by atoms with Gasteiger partial charge in [-0.2, -0.15) is 10.4 Å². The number of nitriles is 1. The molecule has 0 spiro atoms. The summed E-state index contributed by atoms with van der Waals surface area (Å²) >= 11 is 0. The summed E-state index contributed by atoms with van der Waals surface area (Å²) in [4.78, 5) is 24.1. The Balaban J connectivity index is 1.31. The van der Waals surface area contributed by atoms with Crippen molar-refractivity contribution < 1.29 is 13.9 Å². The molecule has 1 fully saturated rings. The van der Waals surface area contributed by atoms with E-state index in [0.29, 0.717) is 36.6 Å². The lowest BCUT2D eigenvalue weighted by Crippen LogP contribution is -2.44. The Morgan fingerprint density at radius 2 is 2.14 bits per heavy atom. The number of carbonyl (C=O) groups excluding carboxylic acids is 1. The van der Waals surface area contributed by atoms with E-state index in [1.165, 1.54) is 12.1 Å². The number of aromatic nitrogens is 4. The number of benzene rings is 1. The van der Waals surface area contributed by atoms with Crippen molar-refractivity contribution in [2.24, 2.45) is 0 Å². The Bertz CT molecular complexity index is 1240. The van der Waals surface area contributed by atoms with Gasteiger partial charge in [0.25, 0.3) is 0 Å². The molecule has 2 aliphatic rings. The second kappa shape index (κ2) is 10.1. The molecule has 5 rings (SSSR count). The average Bonchev–Trinajstić information content (AvgIpc) is 3.42. The molecular formula is C24H25FN8O2. The Labute approximate surface area is 201 Å². The van der Waals surface area contributed by atoms with E-state index >= 15 is 0 Å². The SMILES string of the molecule is N#Cc1ccc(C(NC(=O)N2CCc3cnc(NC4CCOCC4)nc3C2)c2cn[nH]c2)cc1F. The highest BCUT2D eigenvalue weighted by atomic mass is 19.1. The fourth-order valence-corrected chi connectivity index (χ4v) is 4.36. The minimum Gasteiger partial charge on any atom is -0.381 e. The molecule has 1 saturated heterocycles. The number of nitrogens with one attached hydrogen (secondary N) is 3. The summed E-state index contributed by atoms with van der Waals surface area (Å²) in [6.07, 6.45) is 7.50. The van der Waals surface area contributed by atoms with Gasteiger partial charge in [0.15, 0.2) is 0 Å². The quantitative estimate of drug-likeness (QED) is 0.516. The number of anilines is 1. The first-order valence-corrected chi connectivity index (χ1v) is 11.5. The first-order valence-electron chi connectivity index (χ1n) is 11.5. The maximum atomic E-state index is 14.3. The highest BCUT2D eigenvalue weighted by Gasteiger charge is 2.27. The standard InChI is InChI=1S/C24H25FN8O2/c25-20-9-15(1-2-16(20)10-26)22(18-12-28-29-13-18)32-24(34)33-6-3-17-11-27-23(31-21(17)14-33)30-19-4-7-35-8-5-19/h1-2,9,11-13,19,22H,3-8,14H2,(H,28,29)(H,32,34)(H,27,30,31). The highest BCUT2D eigenvalue weighted by molar-refractivity contribution is 5.75. The van der Waals surface area contributed by atoms with Crippen LogP contribution in [0.4, 0.5) is 15.1 Å². The van der Waals surface area contributed by atoms with Crippen LogP contribution in [0.2, 0.25) is 0 Å². The van der Waals surface area contributed by atoms with Crippen molar-refractivity contribution in [3.8, 4) is 6.07 Å². The summed E-state index contributed by atoms with van der Waals surface area (Å²) in [7, 11) is 0. The topological polar surface area (TPSA) is 132 Å². The lowest BCUT2D eigenvalue weighted by Gasteiger charge is -2.30. The van der Waals surface area contributed by atoms with Crippen molar-refractivity contribution in [1.29, 1.82) is 5.26 Å². The van der Waals surface area contributed by atoms with Crippen LogP contribution in [0.3, 0.4) is 0 Å². The van der Waals surface area contributed by atoms with Gasteiger partial charge < -0.3 is 20.3 Å². The van der Waals surface area contributed by atoms with Gasteiger partial charge in [0.05, 0.1) is 30.0 Å². The number of H-pyrrole nitrogens is 1. The smallest absolute Gasteiger partial charge is 0.318 e. The number of hydrogen-bond donors (Lipinski definition) is 3. The van der Waals surface area contributed by atoms with Crippen molar-refractivity contribution in [3.63, 3.8) is 0 Å². The molecule has 1 atom stereocenters. The van der Waals surface area contributed by atoms with Crippen LogP contribution in [-0.2, 0) is 17.7 Å². The normalized spacial score (nSPS) is 16.7. The van der Waals surface area contributed by atoms with Gasteiger partial charge in [-0.1, -0.05) is 6.07 Å². The largest absolute Gasteiger partial charge is 0.381 e. The second-order valence-electron chi connectivity index (χ2n) is 8.63. The number of carbonyl (C=O) groups is 1. The predicted octanol–water partition coefficient (Wildman–Crippen LogP) is 2.66. The van der Waals surface area contributed by atoms with Crippen LogP contribution in [-0.4, -0.2) is 56.9 Å². The zero-order valence-corrected chi connectivity index (χ0v) is 19.0. The van der Waals surface area contributed by atoms with Crippen LogP contribution < -0.4 is 10.6 Å². The molecule has 2 amide bonds. The van der Waals surface area contributed by atoms with Gasteiger partial charge in [-0.3, -0.25) is 5.10 Å². The van der Waals surface area contributed by atoms with Gasteiger partial charge in [0.2, 0.25) is 5.95 Å². The van der Waals surface area contributed by atoms with Crippen molar-refractivity contribution in [1.82, 2.24) is 30.4 Å². The molecule has 0 radical (unpaired) electrons. The van der Waals surface area contributed by atoms with Crippen LogP contribution in [0.5, 0.6) is 0 Å². The number of hydrogen-bond acceptors (Lipinski definition) is 7. The van der Waals surface area contributed by atoms with E-state index < -0.39 is 11.9 Å². The van der Waals surface area contributed by atoms with E-state index in [2.05, 4.69) is 30.8 Å². The second-order valence-corrected chi connectivity index (χ2v) is 8.63. The molecule has 1 unspecified atom stereocenters. The molecule has 2 aromatic heterocycles. The van der Waals surface area contributed by atoms with Gasteiger partial charge in [0.1, 0.15) is 11.9 Å². The molecule has 11 heteroatoms. The molecular weight excluding hydrogens is 451 g/mol. The molecule has 3 aromatic rings. The Morgan fingerprint density at radius 3 is 2.89 bits per heavy atom. The number of aromatic amines is 1. The fraction of sp³-hybridized carbons (Fsp3) is 0.375. The van der Waals surface area contributed by atoms with E-state index in [9.17, 15) is 9.18 Å². The maximum absolute atomic E-state index is 14.3. The Kier molecular flexibility index (Phi) is 6.54. The molecule has 2 aliphatic heterocycles. The van der Waals surface area contributed by atoms with Crippen molar-refractivity contribution in [3.05, 3.63) is 70.6 Å². The molecule has 10 nitrogen and oxygen atoms in total.